The monoisotopic (exact) mass is 257 g/mol. The average Bonchev–Trinajstić information content (AvgIpc) is 2.41. The van der Waals surface area contributed by atoms with Gasteiger partial charge in [-0.1, -0.05) is 13.0 Å². The van der Waals surface area contributed by atoms with Crippen LogP contribution in [0.4, 0.5) is 4.39 Å². The van der Waals surface area contributed by atoms with E-state index >= 15 is 0 Å². The van der Waals surface area contributed by atoms with E-state index in [2.05, 4.69) is 5.32 Å². The van der Waals surface area contributed by atoms with Crippen LogP contribution in [-0.2, 0) is 6.54 Å². The van der Waals surface area contributed by atoms with Crippen LogP contribution in [0, 0.1) is 5.82 Å². The SMILES string of the molecule is CCC(CO)(CO)NCc1ccc(OC)c(F)c1. The minimum atomic E-state index is -0.726. The molecular formula is C13H20FNO3. The van der Waals surface area contributed by atoms with Crippen LogP contribution in [0.1, 0.15) is 18.9 Å². The van der Waals surface area contributed by atoms with Crippen molar-refractivity contribution in [1.82, 2.24) is 5.32 Å². The van der Waals surface area contributed by atoms with E-state index < -0.39 is 11.4 Å². The van der Waals surface area contributed by atoms with E-state index in [1.165, 1.54) is 13.2 Å². The van der Waals surface area contributed by atoms with Crippen molar-refractivity contribution in [1.29, 1.82) is 0 Å². The second-order valence-electron chi connectivity index (χ2n) is 4.27. The number of halogens is 1. The Labute approximate surface area is 106 Å². The second kappa shape index (κ2) is 6.68. The third-order valence-electron chi connectivity index (χ3n) is 3.17. The fourth-order valence-corrected chi connectivity index (χ4v) is 1.62. The average molecular weight is 257 g/mol. The first-order valence-electron chi connectivity index (χ1n) is 5.90. The van der Waals surface area contributed by atoms with Gasteiger partial charge in [-0.05, 0) is 24.1 Å². The zero-order valence-electron chi connectivity index (χ0n) is 10.7. The maximum atomic E-state index is 13.5. The zero-order valence-corrected chi connectivity index (χ0v) is 10.7. The van der Waals surface area contributed by atoms with Crippen molar-refractivity contribution >= 4 is 0 Å². The lowest BCUT2D eigenvalue weighted by molar-refractivity contribution is 0.0864. The molecule has 4 nitrogen and oxygen atoms in total. The normalized spacial score (nSPS) is 11.6. The molecule has 5 heteroatoms. The minimum Gasteiger partial charge on any atom is -0.494 e. The molecule has 0 atom stereocenters. The lowest BCUT2D eigenvalue weighted by Crippen LogP contribution is -2.50. The molecule has 0 aromatic heterocycles. The van der Waals surface area contributed by atoms with Gasteiger partial charge in [0.1, 0.15) is 0 Å². The van der Waals surface area contributed by atoms with Gasteiger partial charge >= 0.3 is 0 Å². The highest BCUT2D eigenvalue weighted by molar-refractivity contribution is 5.29. The van der Waals surface area contributed by atoms with Gasteiger partial charge < -0.3 is 20.3 Å². The topological polar surface area (TPSA) is 61.7 Å². The number of rotatable bonds is 7. The molecule has 0 unspecified atom stereocenters. The molecule has 0 aliphatic carbocycles. The Bertz CT molecular complexity index is 372. The molecule has 0 radical (unpaired) electrons. The molecule has 1 rings (SSSR count). The van der Waals surface area contributed by atoms with Crippen LogP contribution >= 0.6 is 0 Å². The van der Waals surface area contributed by atoms with Crippen molar-refractivity contribution in [3.8, 4) is 5.75 Å². The summed E-state index contributed by atoms with van der Waals surface area (Å²) >= 11 is 0. The molecule has 0 saturated carbocycles. The molecule has 0 heterocycles. The first kappa shape index (κ1) is 14.9. The standard InChI is InChI=1S/C13H20FNO3/c1-3-13(8-16,9-17)15-7-10-4-5-12(18-2)11(14)6-10/h4-6,15-17H,3,7-9H2,1-2H3. The van der Waals surface area contributed by atoms with E-state index in [1.54, 1.807) is 12.1 Å². The van der Waals surface area contributed by atoms with Crippen molar-refractivity contribution in [3.63, 3.8) is 0 Å². The number of methoxy groups -OCH3 is 1. The first-order valence-corrected chi connectivity index (χ1v) is 5.90. The molecule has 1 aromatic carbocycles. The maximum Gasteiger partial charge on any atom is 0.165 e. The molecule has 0 spiro atoms. The van der Waals surface area contributed by atoms with E-state index in [4.69, 9.17) is 4.74 Å². The number of nitrogens with one attached hydrogen (secondary N) is 1. The van der Waals surface area contributed by atoms with Crippen LogP contribution in [0.25, 0.3) is 0 Å². The molecule has 0 aliphatic heterocycles. The predicted octanol–water partition coefficient (Wildman–Crippen LogP) is 1.06. The highest BCUT2D eigenvalue weighted by Gasteiger charge is 2.25. The van der Waals surface area contributed by atoms with Gasteiger partial charge in [-0.25, -0.2) is 4.39 Å². The molecular weight excluding hydrogens is 237 g/mol. The first-order chi connectivity index (χ1) is 8.60. The molecule has 0 amide bonds. The summed E-state index contributed by atoms with van der Waals surface area (Å²) in [6, 6.07) is 4.67. The van der Waals surface area contributed by atoms with Gasteiger partial charge in [0.05, 0.1) is 25.9 Å². The molecule has 3 N–H and O–H groups in total. The Morgan fingerprint density at radius 3 is 2.44 bits per heavy atom. The van der Waals surface area contributed by atoms with E-state index in [1.807, 2.05) is 6.92 Å². The highest BCUT2D eigenvalue weighted by Crippen LogP contribution is 2.18. The summed E-state index contributed by atoms with van der Waals surface area (Å²) in [7, 11) is 1.41. The van der Waals surface area contributed by atoms with Crippen LogP contribution < -0.4 is 10.1 Å². The highest BCUT2D eigenvalue weighted by atomic mass is 19.1. The van der Waals surface area contributed by atoms with Gasteiger partial charge in [-0.3, -0.25) is 0 Å². The fourth-order valence-electron chi connectivity index (χ4n) is 1.62. The van der Waals surface area contributed by atoms with Gasteiger partial charge in [0.25, 0.3) is 0 Å². The maximum absolute atomic E-state index is 13.5. The van der Waals surface area contributed by atoms with Crippen LogP contribution in [0.5, 0.6) is 5.75 Å². The Balaban J connectivity index is 2.71. The number of ether oxygens (including phenoxy) is 1. The van der Waals surface area contributed by atoms with E-state index in [-0.39, 0.29) is 19.0 Å². The van der Waals surface area contributed by atoms with Gasteiger partial charge in [-0.15, -0.1) is 0 Å². The lowest BCUT2D eigenvalue weighted by Gasteiger charge is -2.30. The van der Waals surface area contributed by atoms with Gasteiger partial charge in [0.15, 0.2) is 11.6 Å². The van der Waals surface area contributed by atoms with E-state index in [9.17, 15) is 14.6 Å². The fraction of sp³-hybridized carbons (Fsp3) is 0.538. The van der Waals surface area contributed by atoms with Crippen molar-refractivity contribution in [2.24, 2.45) is 0 Å². The smallest absolute Gasteiger partial charge is 0.165 e. The van der Waals surface area contributed by atoms with Crippen molar-refractivity contribution in [2.75, 3.05) is 20.3 Å². The van der Waals surface area contributed by atoms with E-state index in [0.717, 1.165) is 5.56 Å². The minimum absolute atomic E-state index is 0.168. The molecule has 0 bridgehead atoms. The number of benzene rings is 1. The summed E-state index contributed by atoms with van der Waals surface area (Å²) in [5, 5.41) is 21.6. The molecule has 1 aromatic rings. The number of hydrogen-bond donors (Lipinski definition) is 3. The molecule has 18 heavy (non-hydrogen) atoms. The quantitative estimate of drug-likeness (QED) is 0.683. The van der Waals surface area contributed by atoms with Gasteiger partial charge in [0, 0.05) is 6.54 Å². The Morgan fingerprint density at radius 1 is 1.33 bits per heavy atom. The van der Waals surface area contributed by atoms with E-state index in [0.29, 0.717) is 13.0 Å². The lowest BCUT2D eigenvalue weighted by atomic mass is 9.98. The summed E-state index contributed by atoms with van der Waals surface area (Å²) in [5.41, 5.74) is 0.00386. The summed E-state index contributed by atoms with van der Waals surface area (Å²) in [6.07, 6.45) is 0.582. The van der Waals surface area contributed by atoms with Crippen molar-refractivity contribution in [3.05, 3.63) is 29.6 Å². The zero-order chi connectivity index (χ0) is 13.6. The summed E-state index contributed by atoms with van der Waals surface area (Å²) < 4.78 is 18.3. The molecule has 0 aliphatic rings. The van der Waals surface area contributed by atoms with Crippen LogP contribution in [0.2, 0.25) is 0 Å². The largest absolute Gasteiger partial charge is 0.494 e. The molecule has 102 valence electrons. The van der Waals surface area contributed by atoms with Crippen LogP contribution in [0.3, 0.4) is 0 Å². The summed E-state index contributed by atoms with van der Waals surface area (Å²) in [4.78, 5) is 0. The Kier molecular flexibility index (Phi) is 5.53. The third kappa shape index (κ3) is 3.41. The third-order valence-corrected chi connectivity index (χ3v) is 3.17. The number of hydrogen-bond acceptors (Lipinski definition) is 4. The summed E-state index contributed by atoms with van der Waals surface area (Å²) in [5.74, 6) is -0.225. The second-order valence-corrected chi connectivity index (χ2v) is 4.27. The van der Waals surface area contributed by atoms with Crippen molar-refractivity contribution < 1.29 is 19.3 Å². The van der Waals surface area contributed by atoms with Gasteiger partial charge in [-0.2, -0.15) is 0 Å². The van der Waals surface area contributed by atoms with Crippen LogP contribution in [-0.4, -0.2) is 36.1 Å². The van der Waals surface area contributed by atoms with Gasteiger partial charge in [0.2, 0.25) is 0 Å². The number of aliphatic hydroxyl groups excluding tert-OH is 2. The Hall–Kier alpha value is -1.17. The van der Waals surface area contributed by atoms with Crippen molar-refractivity contribution in [2.45, 2.75) is 25.4 Å². The number of aliphatic hydroxyl groups is 2. The molecule has 0 fully saturated rings. The Morgan fingerprint density at radius 2 is 2.00 bits per heavy atom. The summed E-state index contributed by atoms with van der Waals surface area (Å²) in [6.45, 7) is 1.90. The predicted molar refractivity (Wildman–Crippen MR) is 67.0 cm³/mol. The van der Waals surface area contributed by atoms with Crippen LogP contribution in [0.15, 0.2) is 18.2 Å². The molecule has 0 saturated heterocycles.